The zero-order valence-corrected chi connectivity index (χ0v) is 11.9. The van der Waals surface area contributed by atoms with Crippen molar-refractivity contribution in [1.82, 2.24) is 10.6 Å². The largest absolute Gasteiger partial charge is 0.481 e. The minimum absolute atomic E-state index is 0.113. The number of carbonyl (C=O) groups excluding carboxylic acids is 2. The summed E-state index contributed by atoms with van der Waals surface area (Å²) < 4.78 is 0. The van der Waals surface area contributed by atoms with E-state index in [2.05, 4.69) is 10.6 Å². The molecular weight excluding hydrogens is 260 g/mol. The van der Waals surface area contributed by atoms with Crippen LogP contribution in [0.25, 0.3) is 0 Å². The summed E-state index contributed by atoms with van der Waals surface area (Å²) in [5.41, 5.74) is 0. The van der Waals surface area contributed by atoms with E-state index in [-0.39, 0.29) is 18.4 Å². The Morgan fingerprint density at radius 1 is 1.15 bits per heavy atom. The lowest BCUT2D eigenvalue weighted by atomic mass is 9.82. The van der Waals surface area contributed by atoms with E-state index in [0.717, 1.165) is 0 Å². The molecule has 0 saturated heterocycles. The zero-order chi connectivity index (χ0) is 15.1. The Hall–Kier alpha value is -1.85. The van der Waals surface area contributed by atoms with Crippen molar-refractivity contribution in [3.63, 3.8) is 0 Å². The normalized spacial score (nSPS) is 21.6. The maximum absolute atomic E-state index is 12.0. The Labute approximate surface area is 118 Å². The molecular formula is C14H22N2O4. The molecule has 0 spiro atoms. The second kappa shape index (κ2) is 7.67. The van der Waals surface area contributed by atoms with Gasteiger partial charge in [-0.05, 0) is 18.8 Å². The lowest BCUT2D eigenvalue weighted by molar-refractivity contribution is -0.147. The van der Waals surface area contributed by atoms with Crippen molar-refractivity contribution in [2.45, 2.75) is 26.7 Å². The monoisotopic (exact) mass is 282 g/mol. The molecule has 2 amide bonds. The Bertz CT molecular complexity index is 404. The van der Waals surface area contributed by atoms with Crippen LogP contribution in [0, 0.1) is 17.8 Å². The van der Waals surface area contributed by atoms with Crippen LogP contribution in [-0.4, -0.2) is 36.0 Å². The third-order valence-electron chi connectivity index (χ3n) is 3.22. The molecule has 1 rings (SSSR count). The van der Waals surface area contributed by atoms with Gasteiger partial charge in [-0.25, -0.2) is 0 Å². The molecule has 2 atom stereocenters. The van der Waals surface area contributed by atoms with Crippen LogP contribution in [0.5, 0.6) is 0 Å². The topological polar surface area (TPSA) is 95.5 Å². The number of carbonyl (C=O) groups is 3. The minimum atomic E-state index is -0.973. The first-order chi connectivity index (χ1) is 9.41. The number of aliphatic carboxylic acids is 1. The van der Waals surface area contributed by atoms with Crippen molar-refractivity contribution in [2.75, 3.05) is 13.1 Å². The van der Waals surface area contributed by atoms with Gasteiger partial charge in [0.05, 0.1) is 18.4 Å². The highest BCUT2D eigenvalue weighted by Gasteiger charge is 2.33. The number of allylic oxidation sites excluding steroid dienone is 2. The van der Waals surface area contributed by atoms with E-state index in [1.54, 1.807) is 6.08 Å². The van der Waals surface area contributed by atoms with Crippen LogP contribution < -0.4 is 10.6 Å². The second-order valence-electron chi connectivity index (χ2n) is 5.41. The van der Waals surface area contributed by atoms with Gasteiger partial charge in [-0.1, -0.05) is 26.0 Å². The van der Waals surface area contributed by atoms with E-state index < -0.39 is 17.8 Å². The molecule has 0 saturated carbocycles. The van der Waals surface area contributed by atoms with Crippen molar-refractivity contribution < 1.29 is 19.5 Å². The number of hydrogen-bond acceptors (Lipinski definition) is 3. The van der Waals surface area contributed by atoms with E-state index in [0.29, 0.717) is 25.3 Å². The van der Waals surface area contributed by atoms with E-state index in [9.17, 15) is 14.4 Å². The van der Waals surface area contributed by atoms with Crippen molar-refractivity contribution in [1.29, 1.82) is 0 Å². The molecule has 0 aromatic carbocycles. The van der Waals surface area contributed by atoms with E-state index >= 15 is 0 Å². The van der Waals surface area contributed by atoms with Crippen molar-refractivity contribution >= 4 is 17.8 Å². The SMILES string of the molecule is CC(C)CNC(=O)CNC(=O)C1CC=CCC1C(=O)O. The van der Waals surface area contributed by atoms with Gasteiger partial charge in [0.2, 0.25) is 11.8 Å². The van der Waals surface area contributed by atoms with Crippen LogP contribution in [0.1, 0.15) is 26.7 Å². The highest BCUT2D eigenvalue weighted by atomic mass is 16.4. The molecule has 3 N–H and O–H groups in total. The fourth-order valence-electron chi connectivity index (χ4n) is 2.06. The Balaban J connectivity index is 2.43. The summed E-state index contributed by atoms with van der Waals surface area (Å²) in [5, 5.41) is 14.3. The van der Waals surface area contributed by atoms with Crippen LogP contribution in [0.4, 0.5) is 0 Å². The van der Waals surface area contributed by atoms with Gasteiger partial charge >= 0.3 is 5.97 Å². The first-order valence-electron chi connectivity index (χ1n) is 6.84. The second-order valence-corrected chi connectivity index (χ2v) is 5.41. The fourth-order valence-corrected chi connectivity index (χ4v) is 2.06. The Morgan fingerprint density at radius 2 is 1.75 bits per heavy atom. The van der Waals surface area contributed by atoms with Crippen LogP contribution in [-0.2, 0) is 14.4 Å². The maximum atomic E-state index is 12.0. The molecule has 20 heavy (non-hydrogen) atoms. The summed E-state index contributed by atoms with van der Waals surface area (Å²) in [6.45, 7) is 4.39. The summed E-state index contributed by atoms with van der Waals surface area (Å²) in [5.74, 6) is -2.57. The molecule has 1 aliphatic rings. The Morgan fingerprint density at radius 3 is 2.30 bits per heavy atom. The molecule has 0 aromatic rings. The highest BCUT2D eigenvalue weighted by molar-refractivity contribution is 5.88. The number of amides is 2. The van der Waals surface area contributed by atoms with Gasteiger partial charge < -0.3 is 15.7 Å². The predicted molar refractivity (Wildman–Crippen MR) is 73.8 cm³/mol. The molecule has 0 heterocycles. The van der Waals surface area contributed by atoms with Gasteiger partial charge in [0.1, 0.15) is 0 Å². The standard InChI is InChI=1S/C14H22N2O4/c1-9(2)7-15-12(17)8-16-13(18)10-5-3-4-6-11(10)14(19)20/h3-4,9-11H,5-8H2,1-2H3,(H,15,17)(H,16,18)(H,19,20). The lowest BCUT2D eigenvalue weighted by Gasteiger charge is -2.24. The summed E-state index contributed by atoms with van der Waals surface area (Å²) in [7, 11) is 0. The smallest absolute Gasteiger partial charge is 0.307 e. The quantitative estimate of drug-likeness (QED) is 0.620. The molecule has 1 aliphatic carbocycles. The molecule has 0 aromatic heterocycles. The van der Waals surface area contributed by atoms with Crippen LogP contribution in [0.2, 0.25) is 0 Å². The fraction of sp³-hybridized carbons (Fsp3) is 0.643. The number of nitrogens with one attached hydrogen (secondary N) is 2. The predicted octanol–water partition coefficient (Wildman–Crippen LogP) is 0.542. The van der Waals surface area contributed by atoms with Crippen LogP contribution in [0.3, 0.4) is 0 Å². The molecule has 112 valence electrons. The van der Waals surface area contributed by atoms with Crippen molar-refractivity contribution in [3.05, 3.63) is 12.2 Å². The molecule has 0 fully saturated rings. The first kappa shape index (κ1) is 16.2. The number of carboxylic acid groups (broad SMARTS) is 1. The van der Waals surface area contributed by atoms with Gasteiger partial charge in [-0.2, -0.15) is 0 Å². The third kappa shape index (κ3) is 5.03. The molecule has 2 unspecified atom stereocenters. The van der Waals surface area contributed by atoms with E-state index in [1.807, 2.05) is 19.9 Å². The average molecular weight is 282 g/mol. The maximum Gasteiger partial charge on any atom is 0.307 e. The minimum Gasteiger partial charge on any atom is -0.481 e. The molecule has 0 bridgehead atoms. The van der Waals surface area contributed by atoms with E-state index in [1.165, 1.54) is 0 Å². The van der Waals surface area contributed by atoms with Crippen LogP contribution >= 0.6 is 0 Å². The van der Waals surface area contributed by atoms with E-state index in [4.69, 9.17) is 5.11 Å². The van der Waals surface area contributed by atoms with Crippen molar-refractivity contribution in [2.24, 2.45) is 17.8 Å². The molecule has 0 aliphatic heterocycles. The third-order valence-corrected chi connectivity index (χ3v) is 3.22. The Kier molecular flexibility index (Phi) is 6.21. The number of carboxylic acids is 1. The number of hydrogen-bond donors (Lipinski definition) is 3. The zero-order valence-electron chi connectivity index (χ0n) is 11.9. The first-order valence-corrected chi connectivity index (χ1v) is 6.84. The summed E-state index contributed by atoms with van der Waals surface area (Å²) in [4.78, 5) is 34.6. The average Bonchev–Trinajstić information content (AvgIpc) is 2.42. The lowest BCUT2D eigenvalue weighted by Crippen LogP contribution is -2.43. The molecule has 0 radical (unpaired) electrons. The summed E-state index contributed by atoms with van der Waals surface area (Å²) in [6, 6.07) is 0. The van der Waals surface area contributed by atoms with Gasteiger partial charge in [-0.3, -0.25) is 14.4 Å². The van der Waals surface area contributed by atoms with Gasteiger partial charge in [0.25, 0.3) is 0 Å². The molecule has 6 nitrogen and oxygen atoms in total. The number of rotatable bonds is 6. The highest BCUT2D eigenvalue weighted by Crippen LogP contribution is 2.25. The van der Waals surface area contributed by atoms with Crippen LogP contribution in [0.15, 0.2) is 12.2 Å². The van der Waals surface area contributed by atoms with Gasteiger partial charge in [-0.15, -0.1) is 0 Å². The summed E-state index contributed by atoms with van der Waals surface area (Å²) in [6.07, 6.45) is 4.34. The molecule has 6 heteroatoms. The van der Waals surface area contributed by atoms with Gasteiger partial charge in [0.15, 0.2) is 0 Å². The van der Waals surface area contributed by atoms with Crippen molar-refractivity contribution in [3.8, 4) is 0 Å². The van der Waals surface area contributed by atoms with Gasteiger partial charge in [0, 0.05) is 6.54 Å². The summed E-state index contributed by atoms with van der Waals surface area (Å²) >= 11 is 0.